The second-order valence-corrected chi connectivity index (χ2v) is 12.4. The SMILES string of the molecule is CC1=CC(C)(COCC[Si](C)(C)C)C(=O)C(C)=C1. The van der Waals surface area contributed by atoms with Crippen molar-refractivity contribution in [3.05, 3.63) is 23.3 Å². The molecule has 18 heavy (non-hydrogen) atoms. The highest BCUT2D eigenvalue weighted by Gasteiger charge is 2.34. The number of allylic oxidation sites excluding steroid dienone is 3. The Balaban J connectivity index is 2.56. The highest BCUT2D eigenvalue weighted by atomic mass is 28.3. The maximum Gasteiger partial charge on any atom is 0.170 e. The van der Waals surface area contributed by atoms with Gasteiger partial charge in [-0.3, -0.25) is 4.79 Å². The Bertz CT molecular complexity index is 388. The fourth-order valence-electron chi connectivity index (χ4n) is 2.24. The van der Waals surface area contributed by atoms with Crippen LogP contribution >= 0.6 is 0 Å². The fourth-order valence-corrected chi connectivity index (χ4v) is 2.99. The number of hydrogen-bond acceptors (Lipinski definition) is 2. The summed E-state index contributed by atoms with van der Waals surface area (Å²) in [5.41, 5.74) is 1.53. The second kappa shape index (κ2) is 5.53. The highest BCUT2D eigenvalue weighted by Crippen LogP contribution is 2.30. The van der Waals surface area contributed by atoms with Crippen molar-refractivity contribution in [3.63, 3.8) is 0 Å². The smallest absolute Gasteiger partial charge is 0.170 e. The summed E-state index contributed by atoms with van der Waals surface area (Å²) in [4.78, 5) is 12.2. The summed E-state index contributed by atoms with van der Waals surface area (Å²) < 4.78 is 5.76. The van der Waals surface area contributed by atoms with Gasteiger partial charge in [-0.1, -0.05) is 37.4 Å². The maximum absolute atomic E-state index is 12.2. The first kappa shape index (κ1) is 15.4. The molecule has 1 aliphatic rings. The van der Waals surface area contributed by atoms with Crippen LogP contribution in [0.5, 0.6) is 0 Å². The monoisotopic (exact) mass is 266 g/mol. The van der Waals surface area contributed by atoms with Gasteiger partial charge in [0.1, 0.15) is 0 Å². The minimum atomic E-state index is -1.05. The molecule has 0 bridgehead atoms. The average molecular weight is 266 g/mol. The van der Waals surface area contributed by atoms with Gasteiger partial charge in [0.2, 0.25) is 0 Å². The highest BCUT2D eigenvalue weighted by molar-refractivity contribution is 6.76. The predicted molar refractivity (Wildman–Crippen MR) is 79.6 cm³/mol. The van der Waals surface area contributed by atoms with E-state index in [2.05, 4.69) is 19.6 Å². The molecule has 0 spiro atoms. The Morgan fingerprint density at radius 3 is 2.44 bits per heavy atom. The summed E-state index contributed by atoms with van der Waals surface area (Å²) in [5, 5.41) is 0. The molecule has 0 fully saturated rings. The van der Waals surface area contributed by atoms with Gasteiger partial charge in [-0.15, -0.1) is 0 Å². The lowest BCUT2D eigenvalue weighted by Crippen LogP contribution is -2.34. The van der Waals surface area contributed by atoms with Gasteiger partial charge in [0.05, 0.1) is 12.0 Å². The molecule has 102 valence electrons. The molecular weight excluding hydrogens is 240 g/mol. The fraction of sp³-hybridized carbons (Fsp3) is 0.667. The largest absolute Gasteiger partial charge is 0.380 e. The van der Waals surface area contributed by atoms with E-state index in [9.17, 15) is 4.79 Å². The Morgan fingerprint density at radius 1 is 1.28 bits per heavy atom. The van der Waals surface area contributed by atoms with Crippen molar-refractivity contribution in [2.75, 3.05) is 13.2 Å². The third-order valence-electron chi connectivity index (χ3n) is 3.27. The molecule has 2 nitrogen and oxygen atoms in total. The van der Waals surface area contributed by atoms with E-state index in [1.54, 1.807) is 0 Å². The molecule has 0 aromatic carbocycles. The van der Waals surface area contributed by atoms with Crippen LogP contribution in [0.2, 0.25) is 25.7 Å². The van der Waals surface area contributed by atoms with Crippen molar-refractivity contribution in [3.8, 4) is 0 Å². The van der Waals surface area contributed by atoms with Crippen molar-refractivity contribution < 1.29 is 9.53 Å². The summed E-state index contributed by atoms with van der Waals surface area (Å²) in [7, 11) is -1.05. The van der Waals surface area contributed by atoms with Gasteiger partial charge < -0.3 is 4.74 Å². The number of carbonyl (C=O) groups is 1. The normalized spacial score (nSPS) is 24.9. The molecule has 0 heterocycles. The van der Waals surface area contributed by atoms with Gasteiger partial charge in [0.25, 0.3) is 0 Å². The topological polar surface area (TPSA) is 26.3 Å². The van der Waals surface area contributed by atoms with Gasteiger partial charge >= 0.3 is 0 Å². The van der Waals surface area contributed by atoms with Gasteiger partial charge in [-0.05, 0) is 32.4 Å². The zero-order valence-electron chi connectivity index (χ0n) is 12.6. The van der Waals surface area contributed by atoms with Gasteiger partial charge in [0.15, 0.2) is 5.78 Å². The van der Waals surface area contributed by atoms with E-state index in [4.69, 9.17) is 4.74 Å². The van der Waals surface area contributed by atoms with Gasteiger partial charge in [0, 0.05) is 14.7 Å². The summed E-state index contributed by atoms with van der Waals surface area (Å²) in [6.45, 7) is 14.2. The zero-order valence-corrected chi connectivity index (χ0v) is 13.6. The number of rotatable bonds is 5. The van der Waals surface area contributed by atoms with Crippen LogP contribution < -0.4 is 0 Å². The third-order valence-corrected chi connectivity index (χ3v) is 4.97. The van der Waals surface area contributed by atoms with Crippen LogP contribution in [0.4, 0.5) is 0 Å². The third kappa shape index (κ3) is 4.21. The number of Topliss-reactive ketones (excluding diaryl/α,β-unsaturated/α-hetero) is 1. The van der Waals surface area contributed by atoms with E-state index < -0.39 is 13.5 Å². The van der Waals surface area contributed by atoms with E-state index in [0.29, 0.717) is 6.61 Å². The first-order valence-corrected chi connectivity index (χ1v) is 10.4. The molecule has 3 heteroatoms. The molecule has 0 amide bonds. The lowest BCUT2D eigenvalue weighted by molar-refractivity contribution is -0.124. The lowest BCUT2D eigenvalue weighted by Gasteiger charge is -2.29. The van der Waals surface area contributed by atoms with E-state index in [1.165, 1.54) is 0 Å². The second-order valence-electron chi connectivity index (χ2n) is 6.83. The van der Waals surface area contributed by atoms with E-state index in [1.807, 2.05) is 32.9 Å². The molecule has 0 saturated carbocycles. The Labute approximate surface area is 112 Å². The molecule has 1 atom stereocenters. The van der Waals surface area contributed by atoms with Crippen molar-refractivity contribution in [1.82, 2.24) is 0 Å². The van der Waals surface area contributed by atoms with E-state index in [0.717, 1.165) is 23.8 Å². The minimum absolute atomic E-state index is 0.195. The van der Waals surface area contributed by atoms with Crippen molar-refractivity contribution in [1.29, 1.82) is 0 Å². The van der Waals surface area contributed by atoms with Crippen molar-refractivity contribution in [2.24, 2.45) is 5.41 Å². The lowest BCUT2D eigenvalue weighted by atomic mass is 9.78. The molecule has 1 aliphatic carbocycles. The van der Waals surface area contributed by atoms with Crippen LogP contribution in [0.1, 0.15) is 20.8 Å². The average Bonchev–Trinajstić information content (AvgIpc) is 2.20. The molecule has 1 unspecified atom stereocenters. The van der Waals surface area contributed by atoms with Crippen LogP contribution in [-0.4, -0.2) is 27.1 Å². The summed E-state index contributed by atoms with van der Waals surface area (Å²) in [6.07, 6.45) is 3.99. The summed E-state index contributed by atoms with van der Waals surface area (Å²) in [6, 6.07) is 1.15. The van der Waals surface area contributed by atoms with Crippen LogP contribution in [0.25, 0.3) is 0 Å². The van der Waals surface area contributed by atoms with Gasteiger partial charge in [-0.25, -0.2) is 0 Å². The molecular formula is C15H26O2Si. The number of ether oxygens (including phenoxy) is 1. The molecule has 0 radical (unpaired) electrons. The Hall–Kier alpha value is -0.673. The first-order chi connectivity index (χ1) is 8.14. The van der Waals surface area contributed by atoms with Crippen LogP contribution in [-0.2, 0) is 9.53 Å². The van der Waals surface area contributed by atoms with Crippen LogP contribution in [0.3, 0.4) is 0 Å². The first-order valence-electron chi connectivity index (χ1n) is 6.64. The van der Waals surface area contributed by atoms with Crippen molar-refractivity contribution in [2.45, 2.75) is 46.5 Å². The quantitative estimate of drug-likeness (QED) is 0.558. The van der Waals surface area contributed by atoms with Crippen LogP contribution in [0, 0.1) is 5.41 Å². The molecule has 0 saturated heterocycles. The Morgan fingerprint density at radius 2 is 1.89 bits per heavy atom. The minimum Gasteiger partial charge on any atom is -0.380 e. The zero-order chi connectivity index (χ0) is 14.0. The van der Waals surface area contributed by atoms with Crippen LogP contribution in [0.15, 0.2) is 23.3 Å². The standard InChI is InChI=1S/C15H26O2Si/c1-12-9-13(2)14(16)15(3,10-12)11-17-7-8-18(4,5)6/h9-10H,7-8,11H2,1-6H3. The number of hydrogen-bond donors (Lipinski definition) is 0. The summed E-state index contributed by atoms with van der Waals surface area (Å²) >= 11 is 0. The summed E-state index contributed by atoms with van der Waals surface area (Å²) in [5.74, 6) is 0.195. The predicted octanol–water partition coefficient (Wildman–Crippen LogP) is 3.82. The number of ketones is 1. The van der Waals surface area contributed by atoms with Gasteiger partial charge in [-0.2, -0.15) is 0 Å². The molecule has 0 N–H and O–H groups in total. The van der Waals surface area contributed by atoms with Crippen molar-refractivity contribution >= 4 is 13.9 Å². The molecule has 0 aromatic heterocycles. The van der Waals surface area contributed by atoms with E-state index in [-0.39, 0.29) is 5.78 Å². The Kier molecular flexibility index (Phi) is 4.73. The molecule has 0 aliphatic heterocycles. The maximum atomic E-state index is 12.2. The van der Waals surface area contributed by atoms with E-state index >= 15 is 0 Å². The number of carbonyl (C=O) groups excluding carboxylic acids is 1. The molecule has 0 aromatic rings. The molecule has 1 rings (SSSR count).